The van der Waals surface area contributed by atoms with Gasteiger partial charge in [0.2, 0.25) is 0 Å². The van der Waals surface area contributed by atoms with Gasteiger partial charge in [-0.2, -0.15) is 4.68 Å². The van der Waals surface area contributed by atoms with Crippen LogP contribution < -0.4 is 5.73 Å². The van der Waals surface area contributed by atoms with Gasteiger partial charge in [-0.05, 0) is 37.3 Å². The van der Waals surface area contributed by atoms with E-state index < -0.39 is 0 Å². The van der Waals surface area contributed by atoms with Crippen molar-refractivity contribution in [3.8, 4) is 0 Å². The first-order valence-electron chi connectivity index (χ1n) is 8.41. The molecule has 1 saturated carbocycles. The van der Waals surface area contributed by atoms with Crippen molar-refractivity contribution in [2.45, 2.75) is 51.5 Å². The lowest BCUT2D eigenvalue weighted by Crippen LogP contribution is -2.29. The van der Waals surface area contributed by atoms with Crippen LogP contribution in [0.2, 0.25) is 0 Å². The summed E-state index contributed by atoms with van der Waals surface area (Å²) in [5, 5.41) is 8.58. The van der Waals surface area contributed by atoms with Gasteiger partial charge in [0.15, 0.2) is 0 Å². The minimum Gasteiger partial charge on any atom is -0.328 e. The molecule has 0 spiro atoms. The van der Waals surface area contributed by atoms with E-state index in [1.807, 2.05) is 28.9 Å². The number of nitrogens with zero attached hydrogens (tertiary/aromatic N) is 4. The molecular weight excluding hydrogens is 274 g/mol. The van der Waals surface area contributed by atoms with Crippen molar-refractivity contribution in [3.05, 3.63) is 24.3 Å². The van der Waals surface area contributed by atoms with Gasteiger partial charge in [0.05, 0.1) is 11.6 Å². The molecule has 5 heteroatoms. The van der Waals surface area contributed by atoms with Gasteiger partial charge in [0.1, 0.15) is 11.4 Å². The maximum atomic E-state index is 6.01. The van der Waals surface area contributed by atoms with Crippen molar-refractivity contribution >= 4 is 16.9 Å². The Morgan fingerprint density at radius 1 is 1.36 bits per heavy atom. The highest BCUT2D eigenvalue weighted by Crippen LogP contribution is 2.29. The molecule has 1 aromatic carbocycles. The van der Waals surface area contributed by atoms with E-state index in [0.717, 1.165) is 29.7 Å². The molecule has 22 heavy (non-hydrogen) atoms. The van der Waals surface area contributed by atoms with Gasteiger partial charge >= 0.3 is 0 Å². The third-order valence-corrected chi connectivity index (χ3v) is 4.57. The first-order chi connectivity index (χ1) is 10.8. The summed E-state index contributed by atoms with van der Waals surface area (Å²) in [6.07, 6.45) is 7.06. The number of rotatable bonds is 5. The summed E-state index contributed by atoms with van der Waals surface area (Å²) in [6.45, 7) is 2.78. The molecule has 1 fully saturated rings. The number of fused-ring (bicyclic) bond motifs is 1. The quantitative estimate of drug-likeness (QED) is 0.681. The maximum Gasteiger partial charge on any atom is 0.127 e. The van der Waals surface area contributed by atoms with Crippen LogP contribution >= 0.6 is 0 Å². The number of aliphatic imine (C=N–C) groups is 1. The van der Waals surface area contributed by atoms with Crippen LogP contribution in [0.5, 0.6) is 0 Å². The van der Waals surface area contributed by atoms with Crippen LogP contribution in [0.4, 0.5) is 0 Å². The summed E-state index contributed by atoms with van der Waals surface area (Å²) in [4.78, 5) is 5.01. The third kappa shape index (κ3) is 3.04. The Morgan fingerprint density at radius 2 is 2.14 bits per heavy atom. The highest BCUT2D eigenvalue weighted by atomic mass is 15.4. The number of aromatic nitrogens is 3. The van der Waals surface area contributed by atoms with Crippen LogP contribution in [0.25, 0.3) is 11.0 Å². The summed E-state index contributed by atoms with van der Waals surface area (Å²) < 4.78 is 1.90. The summed E-state index contributed by atoms with van der Waals surface area (Å²) in [5.41, 5.74) is 7.95. The molecule has 0 amide bonds. The first kappa shape index (κ1) is 15.2. The molecule has 0 bridgehead atoms. The van der Waals surface area contributed by atoms with Crippen molar-refractivity contribution in [2.75, 3.05) is 6.54 Å². The highest BCUT2D eigenvalue weighted by molar-refractivity contribution is 5.92. The Labute approximate surface area is 131 Å². The highest BCUT2D eigenvalue weighted by Gasteiger charge is 2.24. The summed E-state index contributed by atoms with van der Waals surface area (Å²) >= 11 is 0. The smallest absolute Gasteiger partial charge is 0.127 e. The zero-order valence-corrected chi connectivity index (χ0v) is 13.3. The molecule has 0 saturated heterocycles. The van der Waals surface area contributed by atoms with Gasteiger partial charge in [-0.25, -0.2) is 0 Å². The molecule has 0 radical (unpaired) electrons. The van der Waals surface area contributed by atoms with E-state index in [1.165, 1.54) is 25.7 Å². The molecule has 1 unspecified atom stereocenters. The van der Waals surface area contributed by atoms with Crippen molar-refractivity contribution in [1.29, 1.82) is 0 Å². The van der Waals surface area contributed by atoms with Crippen LogP contribution in [0.3, 0.4) is 0 Å². The minimum atomic E-state index is 0.215. The fourth-order valence-corrected chi connectivity index (χ4v) is 3.39. The Hall–Kier alpha value is -1.75. The molecule has 1 atom stereocenters. The summed E-state index contributed by atoms with van der Waals surface area (Å²) in [6, 6.07) is 8.25. The minimum absolute atomic E-state index is 0.215. The molecule has 2 aromatic rings. The molecule has 1 aliphatic carbocycles. The SMILES string of the molecule is CCC/C(=N/C(CN)C1CCCC1)n1nnc2ccccc21. The van der Waals surface area contributed by atoms with E-state index >= 15 is 0 Å². The van der Waals surface area contributed by atoms with Crippen LogP contribution in [0.15, 0.2) is 29.3 Å². The molecule has 0 aliphatic heterocycles. The zero-order valence-electron chi connectivity index (χ0n) is 13.3. The molecule has 1 aliphatic rings. The lowest BCUT2D eigenvalue weighted by atomic mass is 9.99. The van der Waals surface area contributed by atoms with Gasteiger partial charge < -0.3 is 5.73 Å². The van der Waals surface area contributed by atoms with Crippen LogP contribution in [0, 0.1) is 5.92 Å². The first-order valence-corrected chi connectivity index (χ1v) is 8.41. The van der Waals surface area contributed by atoms with Gasteiger partial charge in [0.25, 0.3) is 0 Å². The van der Waals surface area contributed by atoms with Crippen LogP contribution in [-0.4, -0.2) is 33.4 Å². The van der Waals surface area contributed by atoms with Crippen LogP contribution in [0.1, 0.15) is 45.4 Å². The normalized spacial score (nSPS) is 18.2. The third-order valence-electron chi connectivity index (χ3n) is 4.57. The van der Waals surface area contributed by atoms with Gasteiger partial charge in [-0.15, -0.1) is 5.10 Å². The van der Waals surface area contributed by atoms with Crippen molar-refractivity contribution in [1.82, 2.24) is 15.0 Å². The van der Waals surface area contributed by atoms with E-state index in [1.54, 1.807) is 0 Å². The predicted molar refractivity (Wildman–Crippen MR) is 90.1 cm³/mol. The van der Waals surface area contributed by atoms with E-state index in [2.05, 4.69) is 17.2 Å². The summed E-state index contributed by atoms with van der Waals surface area (Å²) in [7, 11) is 0. The maximum absolute atomic E-state index is 6.01. The second kappa shape index (κ2) is 7.01. The molecule has 5 nitrogen and oxygen atoms in total. The topological polar surface area (TPSA) is 69.1 Å². The Bertz CT molecular complexity index is 639. The number of hydrogen-bond donors (Lipinski definition) is 1. The number of nitrogens with two attached hydrogens (primary N) is 1. The lowest BCUT2D eigenvalue weighted by molar-refractivity contribution is 0.438. The Morgan fingerprint density at radius 3 is 2.86 bits per heavy atom. The van der Waals surface area contributed by atoms with Crippen molar-refractivity contribution in [2.24, 2.45) is 16.6 Å². The standard InChI is InChI=1S/C17H25N5/c1-2-7-17(19-15(12-18)13-8-3-4-9-13)22-16-11-6-5-10-14(16)20-21-22/h5-6,10-11,13,15H,2-4,7-9,12,18H2,1H3/b19-17-. The van der Waals surface area contributed by atoms with E-state index in [4.69, 9.17) is 10.7 Å². The molecule has 3 rings (SSSR count). The Kier molecular flexibility index (Phi) is 4.83. The molecule has 2 N–H and O–H groups in total. The molecule has 1 heterocycles. The van der Waals surface area contributed by atoms with E-state index in [0.29, 0.717) is 12.5 Å². The molecular formula is C17H25N5. The van der Waals surface area contributed by atoms with E-state index in [9.17, 15) is 0 Å². The van der Waals surface area contributed by atoms with Gasteiger partial charge in [0, 0.05) is 13.0 Å². The van der Waals surface area contributed by atoms with E-state index in [-0.39, 0.29) is 6.04 Å². The average Bonchev–Trinajstić information content (AvgIpc) is 3.21. The zero-order chi connectivity index (χ0) is 15.4. The van der Waals surface area contributed by atoms with Crippen molar-refractivity contribution < 1.29 is 0 Å². The molecule has 118 valence electrons. The average molecular weight is 299 g/mol. The van der Waals surface area contributed by atoms with Crippen LogP contribution in [-0.2, 0) is 0 Å². The number of hydrogen-bond acceptors (Lipinski definition) is 4. The predicted octanol–water partition coefficient (Wildman–Crippen LogP) is 3.00. The lowest BCUT2D eigenvalue weighted by Gasteiger charge is -2.19. The Balaban J connectivity index is 1.95. The van der Waals surface area contributed by atoms with Crippen molar-refractivity contribution in [3.63, 3.8) is 0 Å². The largest absolute Gasteiger partial charge is 0.328 e. The van der Waals surface area contributed by atoms with Gasteiger partial charge in [-0.3, -0.25) is 4.99 Å². The molecule has 1 aromatic heterocycles. The second-order valence-corrected chi connectivity index (χ2v) is 6.13. The summed E-state index contributed by atoms with van der Waals surface area (Å²) in [5.74, 6) is 1.63. The number of para-hydroxylation sites is 1. The fraction of sp³-hybridized carbons (Fsp3) is 0.588. The van der Waals surface area contributed by atoms with Gasteiger partial charge in [-0.1, -0.05) is 37.1 Å². The number of benzene rings is 1. The second-order valence-electron chi connectivity index (χ2n) is 6.13. The monoisotopic (exact) mass is 299 g/mol. The fourth-order valence-electron chi connectivity index (χ4n) is 3.39.